The van der Waals surface area contributed by atoms with Gasteiger partial charge in [0, 0.05) is 29.7 Å². The van der Waals surface area contributed by atoms with Crippen LogP contribution in [0.4, 0.5) is 11.4 Å². The summed E-state index contributed by atoms with van der Waals surface area (Å²) >= 11 is 0. The lowest BCUT2D eigenvalue weighted by Gasteiger charge is -2.51. The molecule has 0 aromatic heterocycles. The van der Waals surface area contributed by atoms with E-state index in [0.29, 0.717) is 22.4 Å². The van der Waals surface area contributed by atoms with Crippen LogP contribution in [0.2, 0.25) is 0 Å². The molecule has 280 valence electrons. The number of carbonyl (C=O) groups is 5. The summed E-state index contributed by atoms with van der Waals surface area (Å²) in [5, 5.41) is 31.7. The van der Waals surface area contributed by atoms with Crippen molar-refractivity contribution < 1.29 is 48.8 Å². The van der Waals surface area contributed by atoms with E-state index in [1.165, 1.54) is 32.4 Å². The van der Waals surface area contributed by atoms with E-state index >= 15 is 4.79 Å². The normalized spacial score (nSPS) is 25.6. The Morgan fingerprint density at radius 3 is 2.13 bits per heavy atom. The summed E-state index contributed by atoms with van der Waals surface area (Å²) in [4.78, 5) is 71.7. The number of imide groups is 2. The van der Waals surface area contributed by atoms with Crippen LogP contribution in [0.5, 0.6) is 23.0 Å². The standard InChI is InChI=1S/C42H37N3O10/c1-21-9-11-23(12-10-21)43-45-38(49)30-20-29-26(15-16-28-34(29)39(50)44(37(28)48)24-13-14-27(40(51)52)31(47)17-24)36(35-32(54-2)18-25(46)19-33(35)55-3)42(30,41(45)53)22-7-5-4-6-8-22/h4-15,17-19,28-30,34,36,43,46-47H,16,20H2,1-3H3,(H,51,52). The number of hydrazine groups is 1. The summed E-state index contributed by atoms with van der Waals surface area (Å²) < 4.78 is 11.8. The molecular formula is C42H37N3O10. The SMILES string of the molecule is COc1cc(O)cc(OC)c1C1C2=CCC3C(=O)N(c4ccc(C(=O)O)c(O)c4)C(=O)C3C2CC2C(=O)N(Nc3ccc(C)cc3)C(=O)C21c1ccccc1. The van der Waals surface area contributed by atoms with Gasteiger partial charge >= 0.3 is 5.97 Å². The summed E-state index contributed by atoms with van der Waals surface area (Å²) in [7, 11) is 2.84. The number of hydrogen-bond donors (Lipinski definition) is 4. The minimum atomic E-state index is -1.62. The number of methoxy groups -OCH3 is 2. The van der Waals surface area contributed by atoms with Crippen molar-refractivity contribution in [2.75, 3.05) is 24.5 Å². The Kier molecular flexibility index (Phi) is 8.40. The van der Waals surface area contributed by atoms with Gasteiger partial charge in [-0.25, -0.2) is 9.69 Å². The number of carbonyl (C=O) groups excluding carboxylic acids is 4. The molecule has 13 nitrogen and oxygen atoms in total. The maximum atomic E-state index is 15.4. The zero-order valence-electron chi connectivity index (χ0n) is 30.1. The van der Waals surface area contributed by atoms with E-state index < -0.39 is 70.4 Å². The first kappa shape index (κ1) is 35.4. The van der Waals surface area contributed by atoms with E-state index in [1.54, 1.807) is 36.4 Å². The van der Waals surface area contributed by atoms with Crippen LogP contribution in [0.15, 0.2) is 96.6 Å². The van der Waals surface area contributed by atoms with Crippen LogP contribution in [0.3, 0.4) is 0 Å². The minimum Gasteiger partial charge on any atom is -0.508 e. The van der Waals surface area contributed by atoms with Gasteiger partial charge in [-0.15, -0.1) is 0 Å². The molecule has 55 heavy (non-hydrogen) atoms. The fraction of sp³-hybridized carbons (Fsp3) is 0.262. The highest BCUT2D eigenvalue weighted by Gasteiger charge is 2.71. The molecule has 6 unspecified atom stereocenters. The minimum absolute atomic E-state index is 0.0157. The number of nitrogens with zero attached hydrogens (tertiary/aromatic N) is 2. The van der Waals surface area contributed by atoms with Crippen LogP contribution < -0.4 is 19.8 Å². The van der Waals surface area contributed by atoms with Gasteiger partial charge in [0.1, 0.15) is 28.6 Å². The molecule has 0 bridgehead atoms. The molecule has 3 fully saturated rings. The number of carboxylic acids is 1. The largest absolute Gasteiger partial charge is 0.508 e. The molecule has 0 spiro atoms. The second-order valence-corrected chi connectivity index (χ2v) is 14.4. The van der Waals surface area contributed by atoms with Crippen molar-refractivity contribution in [3.8, 4) is 23.0 Å². The van der Waals surface area contributed by atoms with E-state index in [4.69, 9.17) is 9.47 Å². The molecule has 4 amide bonds. The lowest BCUT2D eigenvalue weighted by atomic mass is 9.49. The van der Waals surface area contributed by atoms with Gasteiger partial charge in [0.2, 0.25) is 11.8 Å². The van der Waals surface area contributed by atoms with Gasteiger partial charge in [-0.1, -0.05) is 59.7 Å². The van der Waals surface area contributed by atoms with Gasteiger partial charge in [-0.3, -0.25) is 24.6 Å². The predicted octanol–water partition coefficient (Wildman–Crippen LogP) is 5.31. The van der Waals surface area contributed by atoms with Crippen molar-refractivity contribution >= 4 is 41.0 Å². The van der Waals surface area contributed by atoms with Gasteiger partial charge in [0.25, 0.3) is 11.8 Å². The van der Waals surface area contributed by atoms with Crippen molar-refractivity contribution in [3.05, 3.63) is 119 Å². The maximum Gasteiger partial charge on any atom is 0.339 e. The van der Waals surface area contributed by atoms with Crippen LogP contribution in [0, 0.1) is 30.6 Å². The number of amides is 4. The van der Waals surface area contributed by atoms with Crippen LogP contribution in [0.25, 0.3) is 0 Å². The molecule has 13 heteroatoms. The molecule has 2 aliphatic carbocycles. The van der Waals surface area contributed by atoms with E-state index in [2.05, 4.69) is 5.43 Å². The van der Waals surface area contributed by atoms with Gasteiger partial charge in [0.15, 0.2) is 0 Å². The molecule has 4 aromatic rings. The summed E-state index contributed by atoms with van der Waals surface area (Å²) in [6.07, 6.45) is 2.00. The molecule has 0 radical (unpaired) electrons. The molecule has 8 rings (SSSR count). The topological polar surface area (TPSA) is 183 Å². The molecule has 2 aliphatic heterocycles. The first-order chi connectivity index (χ1) is 26.4. The van der Waals surface area contributed by atoms with Gasteiger partial charge < -0.3 is 24.8 Å². The summed E-state index contributed by atoms with van der Waals surface area (Å²) in [6, 6.07) is 22.5. The number of aromatic carboxylic acids is 1. The number of anilines is 2. The Morgan fingerprint density at radius 1 is 0.836 bits per heavy atom. The van der Waals surface area contributed by atoms with Crippen LogP contribution in [0.1, 0.15) is 45.8 Å². The third-order valence-electron chi connectivity index (χ3n) is 11.7. The van der Waals surface area contributed by atoms with Crippen LogP contribution in [-0.2, 0) is 24.6 Å². The number of hydrogen-bond acceptors (Lipinski definition) is 10. The average molecular weight is 744 g/mol. The highest BCUT2D eigenvalue weighted by molar-refractivity contribution is 6.23. The summed E-state index contributed by atoms with van der Waals surface area (Å²) in [5.74, 6) is -8.54. The number of benzene rings is 4. The maximum absolute atomic E-state index is 15.4. The Balaban J connectivity index is 1.34. The number of phenols is 2. The Bertz CT molecular complexity index is 2300. The van der Waals surface area contributed by atoms with Gasteiger partial charge in [-0.2, -0.15) is 5.01 Å². The van der Waals surface area contributed by atoms with E-state index in [9.17, 15) is 34.5 Å². The Labute approximate surface area is 315 Å². The van der Waals surface area contributed by atoms with Crippen LogP contribution in [-0.4, -0.2) is 64.1 Å². The second-order valence-electron chi connectivity index (χ2n) is 14.4. The van der Waals surface area contributed by atoms with Crippen molar-refractivity contribution in [1.82, 2.24) is 5.01 Å². The smallest absolute Gasteiger partial charge is 0.339 e. The monoisotopic (exact) mass is 743 g/mol. The van der Waals surface area contributed by atoms with Crippen LogP contribution >= 0.6 is 0 Å². The summed E-state index contributed by atoms with van der Waals surface area (Å²) in [5.41, 5.74) is 4.12. The zero-order valence-corrected chi connectivity index (χ0v) is 30.1. The van der Waals surface area contributed by atoms with E-state index in [0.717, 1.165) is 27.6 Å². The first-order valence-corrected chi connectivity index (χ1v) is 17.8. The van der Waals surface area contributed by atoms with E-state index in [1.807, 2.05) is 31.2 Å². The van der Waals surface area contributed by atoms with Crippen molar-refractivity contribution in [2.24, 2.45) is 23.7 Å². The molecule has 2 heterocycles. The zero-order chi connectivity index (χ0) is 38.9. The molecule has 4 aliphatic rings. The number of ether oxygens (including phenoxy) is 2. The number of allylic oxidation sites excluding steroid dienone is 2. The van der Waals surface area contributed by atoms with Gasteiger partial charge in [0.05, 0.1) is 48.8 Å². The second kappa shape index (κ2) is 13.0. The third kappa shape index (κ3) is 5.17. The lowest BCUT2D eigenvalue weighted by Crippen LogP contribution is -2.53. The first-order valence-electron chi connectivity index (χ1n) is 17.8. The Hall–Kier alpha value is -6.63. The molecule has 4 aromatic carbocycles. The lowest BCUT2D eigenvalue weighted by molar-refractivity contribution is -0.138. The highest BCUT2D eigenvalue weighted by atomic mass is 16.5. The van der Waals surface area contributed by atoms with Crippen molar-refractivity contribution in [1.29, 1.82) is 0 Å². The number of nitrogens with one attached hydrogen (secondary N) is 1. The summed E-state index contributed by atoms with van der Waals surface area (Å²) in [6.45, 7) is 1.92. The number of aromatic hydroxyl groups is 2. The fourth-order valence-corrected chi connectivity index (χ4v) is 9.37. The molecule has 2 saturated heterocycles. The number of carboxylic acid groups (broad SMARTS) is 1. The quantitative estimate of drug-likeness (QED) is 0.136. The molecule has 4 N–H and O–H groups in total. The van der Waals surface area contributed by atoms with Crippen molar-refractivity contribution in [3.63, 3.8) is 0 Å². The molecular weight excluding hydrogens is 706 g/mol. The fourth-order valence-electron chi connectivity index (χ4n) is 9.37. The molecule has 1 saturated carbocycles. The van der Waals surface area contributed by atoms with Crippen molar-refractivity contribution in [2.45, 2.75) is 31.1 Å². The highest BCUT2D eigenvalue weighted by Crippen LogP contribution is 2.66. The number of aryl methyl sites for hydroxylation is 1. The molecule has 6 atom stereocenters. The number of phenolic OH excluding ortho intramolecular Hbond substituents is 1. The third-order valence-corrected chi connectivity index (χ3v) is 11.7. The number of rotatable bonds is 8. The predicted molar refractivity (Wildman–Crippen MR) is 198 cm³/mol. The van der Waals surface area contributed by atoms with Gasteiger partial charge in [-0.05, 0) is 55.5 Å². The van der Waals surface area contributed by atoms with E-state index in [-0.39, 0.29) is 41.3 Å². The average Bonchev–Trinajstić information content (AvgIpc) is 3.56. The Morgan fingerprint density at radius 2 is 1.51 bits per heavy atom. The number of fused-ring (bicyclic) bond motifs is 4.